The van der Waals surface area contributed by atoms with Gasteiger partial charge in [0.05, 0.1) is 18.2 Å². The van der Waals surface area contributed by atoms with Crippen LogP contribution in [-0.2, 0) is 0 Å². The van der Waals surface area contributed by atoms with Crippen molar-refractivity contribution in [3.8, 4) is 5.75 Å². The molecule has 170 valence electrons. The number of ether oxygens (including phenoxy) is 1. The highest BCUT2D eigenvalue weighted by molar-refractivity contribution is 6.05. The molecule has 5 rings (SSSR count). The Bertz CT molecular complexity index is 1210. The summed E-state index contributed by atoms with van der Waals surface area (Å²) in [6, 6.07) is 10.9. The number of amides is 2. The van der Waals surface area contributed by atoms with E-state index in [1.54, 1.807) is 17.2 Å². The highest BCUT2D eigenvalue weighted by Gasteiger charge is 2.47. The predicted molar refractivity (Wildman–Crippen MR) is 121 cm³/mol. The Morgan fingerprint density at radius 2 is 1.85 bits per heavy atom. The van der Waals surface area contributed by atoms with Crippen molar-refractivity contribution in [2.45, 2.75) is 31.7 Å². The van der Waals surface area contributed by atoms with Gasteiger partial charge in [-0.25, -0.2) is 9.37 Å². The van der Waals surface area contributed by atoms with E-state index in [1.165, 1.54) is 19.4 Å². The van der Waals surface area contributed by atoms with Crippen LogP contribution in [-0.4, -0.2) is 52.9 Å². The number of piperidine rings is 1. The molecule has 1 aromatic carbocycles. The van der Waals surface area contributed by atoms with Gasteiger partial charge in [-0.15, -0.1) is 0 Å². The average Bonchev–Trinajstić information content (AvgIpc) is 2.83. The SMILES string of the molecule is COc1ccnc(C(=O)N2CCC3(CC2)CC(NC(=O)c2cccc4cccnc24)C3)c1F. The summed E-state index contributed by atoms with van der Waals surface area (Å²) >= 11 is 0. The first-order valence-corrected chi connectivity index (χ1v) is 11.1. The van der Waals surface area contributed by atoms with Crippen LogP contribution in [0.25, 0.3) is 10.9 Å². The van der Waals surface area contributed by atoms with Crippen molar-refractivity contribution in [3.63, 3.8) is 0 Å². The molecule has 3 heterocycles. The Kier molecular flexibility index (Phi) is 5.44. The first kappa shape index (κ1) is 21.3. The highest BCUT2D eigenvalue weighted by Crippen LogP contribution is 2.49. The third-order valence-corrected chi connectivity index (χ3v) is 6.96. The summed E-state index contributed by atoms with van der Waals surface area (Å²) < 4.78 is 19.4. The van der Waals surface area contributed by atoms with Gasteiger partial charge in [0.15, 0.2) is 17.3 Å². The van der Waals surface area contributed by atoms with E-state index in [0.29, 0.717) is 24.2 Å². The van der Waals surface area contributed by atoms with E-state index in [2.05, 4.69) is 15.3 Å². The van der Waals surface area contributed by atoms with Gasteiger partial charge in [-0.3, -0.25) is 14.6 Å². The van der Waals surface area contributed by atoms with Crippen molar-refractivity contribution in [2.24, 2.45) is 5.41 Å². The van der Waals surface area contributed by atoms with Crippen molar-refractivity contribution in [2.75, 3.05) is 20.2 Å². The summed E-state index contributed by atoms with van der Waals surface area (Å²) in [5, 5.41) is 4.08. The van der Waals surface area contributed by atoms with Gasteiger partial charge in [-0.05, 0) is 43.2 Å². The molecule has 7 nitrogen and oxygen atoms in total. The second kappa shape index (κ2) is 8.42. The van der Waals surface area contributed by atoms with Crippen LogP contribution in [0.1, 0.15) is 46.5 Å². The fourth-order valence-electron chi connectivity index (χ4n) is 5.11. The number of rotatable bonds is 4. The Hall–Kier alpha value is -3.55. The lowest BCUT2D eigenvalue weighted by Crippen LogP contribution is -2.55. The zero-order valence-electron chi connectivity index (χ0n) is 18.4. The second-order valence-corrected chi connectivity index (χ2v) is 8.93. The lowest BCUT2D eigenvalue weighted by Gasteiger charge is -2.52. The topological polar surface area (TPSA) is 84.4 Å². The van der Waals surface area contributed by atoms with Gasteiger partial charge < -0.3 is 15.0 Å². The number of pyridine rings is 2. The number of nitrogens with zero attached hydrogens (tertiary/aromatic N) is 3. The number of benzene rings is 1. The quantitative estimate of drug-likeness (QED) is 0.659. The minimum absolute atomic E-state index is 0.0146. The second-order valence-electron chi connectivity index (χ2n) is 8.93. The van der Waals surface area contributed by atoms with E-state index in [4.69, 9.17) is 4.74 Å². The normalized spacial score (nSPS) is 17.6. The standard InChI is InChI=1S/C25H25FN4O3/c1-33-19-7-11-28-22(20(19)26)24(32)30-12-8-25(9-13-30)14-17(15-25)29-23(31)18-6-2-4-16-5-3-10-27-21(16)18/h2-7,10-11,17H,8-9,12-15H2,1H3,(H,29,31). The lowest BCUT2D eigenvalue weighted by atomic mass is 9.60. The minimum atomic E-state index is -0.723. The third-order valence-electron chi connectivity index (χ3n) is 6.96. The minimum Gasteiger partial charge on any atom is -0.494 e. The molecule has 1 saturated carbocycles. The van der Waals surface area contributed by atoms with Crippen LogP contribution in [0.4, 0.5) is 4.39 Å². The fourth-order valence-corrected chi connectivity index (χ4v) is 5.11. The van der Waals surface area contributed by atoms with E-state index in [0.717, 1.165) is 31.1 Å². The molecular weight excluding hydrogens is 423 g/mol. The first-order valence-electron chi connectivity index (χ1n) is 11.1. The number of carbonyl (C=O) groups is 2. The Morgan fingerprint density at radius 1 is 1.09 bits per heavy atom. The van der Waals surface area contributed by atoms with Crippen LogP contribution < -0.4 is 10.1 Å². The summed E-state index contributed by atoms with van der Waals surface area (Å²) in [5.74, 6) is -1.22. The zero-order chi connectivity index (χ0) is 23.0. The Labute approximate surface area is 191 Å². The number of para-hydroxylation sites is 1. The van der Waals surface area contributed by atoms with Crippen LogP contribution in [0.15, 0.2) is 48.8 Å². The molecule has 2 aliphatic rings. The van der Waals surface area contributed by atoms with Crippen molar-refractivity contribution in [1.82, 2.24) is 20.2 Å². The monoisotopic (exact) mass is 448 g/mol. The van der Waals surface area contributed by atoms with Gasteiger partial charge in [0.25, 0.3) is 11.8 Å². The van der Waals surface area contributed by atoms with Crippen molar-refractivity contribution < 1.29 is 18.7 Å². The van der Waals surface area contributed by atoms with E-state index >= 15 is 0 Å². The van der Waals surface area contributed by atoms with Gasteiger partial charge in [0.2, 0.25) is 0 Å². The third kappa shape index (κ3) is 3.90. The number of aromatic nitrogens is 2. The average molecular weight is 448 g/mol. The molecule has 1 spiro atoms. The molecule has 2 aromatic heterocycles. The first-order chi connectivity index (χ1) is 16.0. The fraction of sp³-hybridized carbons (Fsp3) is 0.360. The molecule has 0 unspecified atom stereocenters. The number of nitrogens with one attached hydrogen (secondary N) is 1. The highest BCUT2D eigenvalue weighted by atomic mass is 19.1. The van der Waals surface area contributed by atoms with Crippen LogP contribution in [0.5, 0.6) is 5.75 Å². The molecule has 1 N–H and O–H groups in total. The largest absolute Gasteiger partial charge is 0.494 e. The lowest BCUT2D eigenvalue weighted by molar-refractivity contribution is 0.00826. The summed E-state index contributed by atoms with van der Waals surface area (Å²) in [7, 11) is 1.36. The molecule has 0 atom stereocenters. The van der Waals surface area contributed by atoms with Gasteiger partial charge in [-0.2, -0.15) is 0 Å². The molecule has 2 fully saturated rings. The van der Waals surface area contributed by atoms with Crippen LogP contribution in [0, 0.1) is 11.2 Å². The maximum atomic E-state index is 14.4. The molecule has 0 radical (unpaired) electrons. The molecule has 1 saturated heterocycles. The maximum Gasteiger partial charge on any atom is 0.275 e. The van der Waals surface area contributed by atoms with E-state index in [1.807, 2.05) is 24.3 Å². The molecule has 0 bridgehead atoms. The van der Waals surface area contributed by atoms with Crippen LogP contribution in [0.2, 0.25) is 0 Å². The number of likely N-dealkylation sites (tertiary alicyclic amines) is 1. The number of fused-ring (bicyclic) bond motifs is 1. The molecule has 8 heteroatoms. The summed E-state index contributed by atoms with van der Waals surface area (Å²) in [6.07, 6.45) is 6.49. The van der Waals surface area contributed by atoms with E-state index < -0.39 is 11.7 Å². The summed E-state index contributed by atoms with van der Waals surface area (Å²) in [4.78, 5) is 35.6. The van der Waals surface area contributed by atoms with Crippen molar-refractivity contribution >= 4 is 22.7 Å². The summed E-state index contributed by atoms with van der Waals surface area (Å²) in [6.45, 7) is 1.09. The maximum absolute atomic E-state index is 14.4. The van der Waals surface area contributed by atoms with Gasteiger partial charge in [0.1, 0.15) is 0 Å². The smallest absolute Gasteiger partial charge is 0.275 e. The Morgan fingerprint density at radius 3 is 2.61 bits per heavy atom. The number of methoxy groups -OCH3 is 1. The molecule has 33 heavy (non-hydrogen) atoms. The van der Waals surface area contributed by atoms with Crippen molar-refractivity contribution in [3.05, 3.63) is 65.9 Å². The van der Waals surface area contributed by atoms with Crippen LogP contribution >= 0.6 is 0 Å². The van der Waals surface area contributed by atoms with E-state index in [-0.39, 0.29) is 28.8 Å². The molecule has 2 amide bonds. The predicted octanol–water partition coefficient (Wildman–Crippen LogP) is 3.59. The van der Waals surface area contributed by atoms with Gasteiger partial charge >= 0.3 is 0 Å². The Balaban J connectivity index is 1.18. The molecule has 3 aromatic rings. The van der Waals surface area contributed by atoms with Crippen molar-refractivity contribution in [1.29, 1.82) is 0 Å². The molecule has 1 aliphatic carbocycles. The number of halogens is 1. The number of hydrogen-bond acceptors (Lipinski definition) is 5. The summed E-state index contributed by atoms with van der Waals surface area (Å²) in [5.41, 5.74) is 1.21. The molecule has 1 aliphatic heterocycles. The van der Waals surface area contributed by atoms with Gasteiger partial charge in [-0.1, -0.05) is 18.2 Å². The van der Waals surface area contributed by atoms with Crippen LogP contribution in [0.3, 0.4) is 0 Å². The molecular formula is C25H25FN4O3. The van der Waals surface area contributed by atoms with Gasteiger partial charge in [0, 0.05) is 43.0 Å². The number of carbonyl (C=O) groups excluding carboxylic acids is 2. The zero-order valence-corrected chi connectivity index (χ0v) is 18.4. The number of hydrogen-bond donors (Lipinski definition) is 1. The van der Waals surface area contributed by atoms with E-state index in [9.17, 15) is 14.0 Å².